The van der Waals surface area contributed by atoms with Crippen LogP contribution in [0.5, 0.6) is 11.5 Å². The summed E-state index contributed by atoms with van der Waals surface area (Å²) < 4.78 is 5.94. The van der Waals surface area contributed by atoms with Crippen molar-refractivity contribution in [1.29, 1.82) is 0 Å². The van der Waals surface area contributed by atoms with Gasteiger partial charge in [-0.15, -0.1) is 0 Å². The molecule has 5 rings (SSSR count). The van der Waals surface area contributed by atoms with Crippen LogP contribution in [0.25, 0.3) is 0 Å². The molecule has 1 saturated carbocycles. The van der Waals surface area contributed by atoms with Gasteiger partial charge in [-0.25, -0.2) is 0 Å². The van der Waals surface area contributed by atoms with Gasteiger partial charge in [0.1, 0.15) is 11.5 Å². The van der Waals surface area contributed by atoms with E-state index in [0.29, 0.717) is 5.92 Å². The quantitative estimate of drug-likeness (QED) is 0.570. The second-order valence-corrected chi connectivity index (χ2v) is 8.69. The second-order valence-electron chi connectivity index (χ2n) is 8.69. The molecule has 154 valence electrons. The van der Waals surface area contributed by atoms with E-state index in [9.17, 15) is 5.11 Å². The van der Waals surface area contributed by atoms with Crippen LogP contribution < -0.4 is 4.74 Å². The van der Waals surface area contributed by atoms with Crippen molar-refractivity contribution in [3.63, 3.8) is 0 Å². The third-order valence-electron chi connectivity index (χ3n) is 6.55. The highest BCUT2D eigenvalue weighted by Gasteiger charge is 2.41. The predicted octanol–water partition coefficient (Wildman–Crippen LogP) is 5.78. The lowest BCUT2D eigenvalue weighted by molar-refractivity contribution is 0.0380. The minimum absolute atomic E-state index is 0.212. The Labute approximate surface area is 178 Å². The van der Waals surface area contributed by atoms with E-state index in [2.05, 4.69) is 47.4 Å². The Morgan fingerprint density at radius 1 is 0.767 bits per heavy atom. The van der Waals surface area contributed by atoms with E-state index in [1.54, 1.807) is 0 Å². The van der Waals surface area contributed by atoms with Crippen molar-refractivity contribution >= 4 is 0 Å². The zero-order valence-corrected chi connectivity index (χ0v) is 17.2. The highest BCUT2D eigenvalue weighted by Crippen LogP contribution is 2.49. The van der Waals surface area contributed by atoms with Gasteiger partial charge in [-0.3, -0.25) is 4.90 Å². The molecule has 1 heterocycles. The van der Waals surface area contributed by atoms with Crippen LogP contribution in [0.1, 0.15) is 42.3 Å². The summed E-state index contributed by atoms with van der Waals surface area (Å²) in [6.45, 7) is 2.07. The van der Waals surface area contributed by atoms with E-state index >= 15 is 0 Å². The first kappa shape index (κ1) is 19.3. The second kappa shape index (κ2) is 8.63. The summed E-state index contributed by atoms with van der Waals surface area (Å²) in [5, 5.41) is 10.3. The summed E-state index contributed by atoms with van der Waals surface area (Å²) in [5.41, 5.74) is 2.74. The Bertz CT molecular complexity index is 942. The van der Waals surface area contributed by atoms with Crippen LogP contribution in [-0.2, 0) is 0 Å². The number of ether oxygens (including phenoxy) is 1. The molecule has 1 aliphatic heterocycles. The van der Waals surface area contributed by atoms with Crippen LogP contribution >= 0.6 is 0 Å². The largest absolute Gasteiger partial charge is 0.457 e. The molecule has 2 fully saturated rings. The van der Waals surface area contributed by atoms with E-state index < -0.39 is 0 Å². The molecule has 4 atom stereocenters. The summed E-state index contributed by atoms with van der Waals surface area (Å²) in [4.78, 5) is 2.59. The number of hydrogen-bond donors (Lipinski definition) is 1. The highest BCUT2D eigenvalue weighted by atomic mass is 16.5. The topological polar surface area (TPSA) is 32.7 Å². The van der Waals surface area contributed by atoms with Crippen molar-refractivity contribution in [2.75, 3.05) is 13.1 Å². The minimum atomic E-state index is -0.212. The number of aliphatic hydroxyl groups is 1. The zero-order chi connectivity index (χ0) is 20.3. The first-order valence-corrected chi connectivity index (χ1v) is 11.1. The highest BCUT2D eigenvalue weighted by molar-refractivity contribution is 5.34. The number of aliphatic hydroxyl groups excluding tert-OH is 1. The molecule has 0 spiro atoms. The molecule has 1 aliphatic carbocycles. The number of benzene rings is 3. The third kappa shape index (κ3) is 4.43. The van der Waals surface area contributed by atoms with E-state index in [1.165, 1.54) is 17.5 Å². The van der Waals surface area contributed by atoms with E-state index in [0.717, 1.165) is 43.3 Å². The van der Waals surface area contributed by atoms with E-state index in [1.807, 2.05) is 42.5 Å². The monoisotopic (exact) mass is 399 g/mol. The molecule has 1 N–H and O–H groups in total. The van der Waals surface area contributed by atoms with Gasteiger partial charge in [0.05, 0.1) is 6.10 Å². The van der Waals surface area contributed by atoms with Gasteiger partial charge in [-0.1, -0.05) is 60.7 Å². The molecule has 1 saturated heterocycles. The maximum Gasteiger partial charge on any atom is 0.127 e. The lowest BCUT2D eigenvalue weighted by Crippen LogP contribution is -2.40. The lowest BCUT2D eigenvalue weighted by Gasteiger charge is -2.38. The van der Waals surface area contributed by atoms with Gasteiger partial charge in [-0.2, -0.15) is 0 Å². The fourth-order valence-electron chi connectivity index (χ4n) is 4.80. The molecule has 3 nitrogen and oxygen atoms in total. The molecular formula is C27H29NO2. The standard InChI is InChI=1S/C27H29NO2/c29-23-15-16-28(19-22-17-26(22)20-7-3-1-4-8-20)27(18-23)21-11-13-25(14-12-21)30-24-9-5-2-6-10-24/h1-14,22-23,26-27,29H,15-19H2. The van der Waals surface area contributed by atoms with Crippen LogP contribution in [0.4, 0.5) is 0 Å². The molecule has 3 heteroatoms. The molecule has 0 aromatic heterocycles. The number of likely N-dealkylation sites (tertiary alicyclic amines) is 1. The first-order valence-electron chi connectivity index (χ1n) is 11.1. The molecular weight excluding hydrogens is 370 g/mol. The number of rotatable bonds is 6. The smallest absolute Gasteiger partial charge is 0.127 e. The van der Waals surface area contributed by atoms with Gasteiger partial charge in [-0.05, 0) is 66.5 Å². The molecule has 3 aromatic carbocycles. The SMILES string of the molecule is OC1CCN(CC2CC2c2ccccc2)C(c2ccc(Oc3ccccc3)cc2)C1. The Kier molecular flexibility index (Phi) is 5.56. The lowest BCUT2D eigenvalue weighted by atomic mass is 9.93. The van der Waals surface area contributed by atoms with Crippen LogP contribution in [0.15, 0.2) is 84.9 Å². The fourth-order valence-corrected chi connectivity index (χ4v) is 4.80. The number of piperidine rings is 1. The average molecular weight is 400 g/mol. The van der Waals surface area contributed by atoms with Gasteiger partial charge in [0.15, 0.2) is 0 Å². The predicted molar refractivity (Wildman–Crippen MR) is 120 cm³/mol. The van der Waals surface area contributed by atoms with Gasteiger partial charge in [0, 0.05) is 19.1 Å². The normalized spacial score (nSPS) is 26.3. The maximum atomic E-state index is 10.3. The van der Waals surface area contributed by atoms with Crippen molar-refractivity contribution in [3.05, 3.63) is 96.1 Å². The molecule has 2 aliphatic rings. The molecule has 4 unspecified atom stereocenters. The van der Waals surface area contributed by atoms with Gasteiger partial charge in [0.2, 0.25) is 0 Å². The molecule has 3 aromatic rings. The summed E-state index contributed by atoms with van der Waals surface area (Å²) in [7, 11) is 0. The molecule has 0 bridgehead atoms. The van der Waals surface area contributed by atoms with Crippen molar-refractivity contribution < 1.29 is 9.84 Å². The van der Waals surface area contributed by atoms with Crippen molar-refractivity contribution in [2.24, 2.45) is 5.92 Å². The summed E-state index contributed by atoms with van der Waals surface area (Å²) in [6.07, 6.45) is 2.74. The number of hydrogen-bond acceptors (Lipinski definition) is 3. The van der Waals surface area contributed by atoms with E-state index in [-0.39, 0.29) is 12.1 Å². The third-order valence-corrected chi connectivity index (χ3v) is 6.55. The van der Waals surface area contributed by atoms with Crippen LogP contribution in [0, 0.1) is 5.92 Å². The van der Waals surface area contributed by atoms with Gasteiger partial charge < -0.3 is 9.84 Å². The first-order chi connectivity index (χ1) is 14.8. The van der Waals surface area contributed by atoms with Crippen LogP contribution in [-0.4, -0.2) is 29.2 Å². The number of nitrogens with zero attached hydrogens (tertiary/aromatic N) is 1. The minimum Gasteiger partial charge on any atom is -0.457 e. The van der Waals surface area contributed by atoms with Crippen LogP contribution in [0.2, 0.25) is 0 Å². The summed E-state index contributed by atoms with van der Waals surface area (Å²) >= 11 is 0. The van der Waals surface area contributed by atoms with Crippen molar-refractivity contribution in [2.45, 2.75) is 37.3 Å². The molecule has 0 radical (unpaired) electrons. The Morgan fingerprint density at radius 2 is 1.43 bits per heavy atom. The van der Waals surface area contributed by atoms with E-state index in [4.69, 9.17) is 4.74 Å². The molecule has 0 amide bonds. The van der Waals surface area contributed by atoms with Crippen molar-refractivity contribution in [1.82, 2.24) is 4.90 Å². The Balaban J connectivity index is 1.26. The maximum absolute atomic E-state index is 10.3. The van der Waals surface area contributed by atoms with Gasteiger partial charge in [0.25, 0.3) is 0 Å². The fraction of sp³-hybridized carbons (Fsp3) is 0.333. The average Bonchev–Trinajstić information content (AvgIpc) is 3.56. The van der Waals surface area contributed by atoms with Crippen molar-refractivity contribution in [3.8, 4) is 11.5 Å². The zero-order valence-electron chi connectivity index (χ0n) is 17.2. The van der Waals surface area contributed by atoms with Gasteiger partial charge >= 0.3 is 0 Å². The Hall–Kier alpha value is -2.62. The molecule has 30 heavy (non-hydrogen) atoms. The summed E-state index contributed by atoms with van der Waals surface area (Å²) in [6, 6.07) is 29.5. The number of para-hydroxylation sites is 1. The summed E-state index contributed by atoms with van der Waals surface area (Å²) in [5.74, 6) is 3.12. The van der Waals surface area contributed by atoms with Crippen LogP contribution in [0.3, 0.4) is 0 Å². The Morgan fingerprint density at radius 3 is 2.17 bits per heavy atom.